The highest BCUT2D eigenvalue weighted by Gasteiger charge is 2.40. The van der Waals surface area contributed by atoms with Gasteiger partial charge in [-0.2, -0.15) is 4.73 Å². The van der Waals surface area contributed by atoms with E-state index in [4.69, 9.17) is 9.94 Å². The number of hydrogen-bond acceptors (Lipinski definition) is 7. The lowest BCUT2D eigenvalue weighted by Crippen LogP contribution is -2.64. The Balaban J connectivity index is 1.65. The Bertz CT molecular complexity index is 1380. The molecule has 246 valence electrons. The molecule has 0 aliphatic carbocycles. The van der Waals surface area contributed by atoms with Crippen molar-refractivity contribution in [2.75, 3.05) is 26.7 Å². The van der Waals surface area contributed by atoms with Gasteiger partial charge in [-0.25, -0.2) is 0 Å². The largest absolute Gasteiger partial charge is 0.480 e. The van der Waals surface area contributed by atoms with Gasteiger partial charge in [-0.15, -0.1) is 0 Å². The number of aromatic nitrogens is 1. The first-order chi connectivity index (χ1) is 21.6. The standard InChI is InChI=1S/C32H46N6O7/c1-4-20(2)28-32(44)37-16-10-8-14-26(37)31(43)34-23(12-7-9-15-33-18-27(39)40)29(41)35-24(30(42)36-28)17-21-19-38(45-3)25-13-6-5-11-22(21)25/h5-6,11,13,19-20,23-24,26,28,33H,4,7-10,12,14-18H2,1-3H3,(H,34,43)(H,35,41)(H,36,42)(H,39,40)/t20?,23-,24?,26+,28-/m0/s1. The van der Waals surface area contributed by atoms with E-state index >= 15 is 0 Å². The lowest BCUT2D eigenvalue weighted by atomic mass is 9.93. The molecule has 0 radical (unpaired) electrons. The van der Waals surface area contributed by atoms with Gasteiger partial charge in [0.2, 0.25) is 23.6 Å². The van der Waals surface area contributed by atoms with E-state index in [1.54, 1.807) is 22.9 Å². The fourth-order valence-corrected chi connectivity index (χ4v) is 6.15. The maximum Gasteiger partial charge on any atom is 0.317 e. The molecule has 13 nitrogen and oxygen atoms in total. The maximum absolute atomic E-state index is 14.0. The Labute approximate surface area is 263 Å². The van der Waals surface area contributed by atoms with Gasteiger partial charge < -0.3 is 36.1 Å². The number of carbonyl (C=O) groups is 5. The smallest absolute Gasteiger partial charge is 0.317 e. The number of carboxylic acid groups (broad SMARTS) is 1. The number of unbranched alkanes of at least 4 members (excludes halogenated alkanes) is 1. The van der Waals surface area contributed by atoms with Crippen molar-refractivity contribution in [3.8, 4) is 0 Å². The van der Waals surface area contributed by atoms with Crippen LogP contribution in [0.1, 0.15) is 64.4 Å². The summed E-state index contributed by atoms with van der Waals surface area (Å²) in [7, 11) is 1.54. The first kappa shape index (κ1) is 33.8. The van der Waals surface area contributed by atoms with Crippen LogP contribution in [0, 0.1) is 5.92 Å². The number of amides is 4. The zero-order valence-electron chi connectivity index (χ0n) is 26.3. The molecule has 5 N–H and O–H groups in total. The SMILES string of the molecule is CCC(C)[C@@H]1NC(=O)C(Cc2cn(OC)c3ccccc23)NC(=O)[C@H](CCCCNCC(=O)O)NC(=O)[C@H]2CCCCN2C1=O. The first-order valence-electron chi connectivity index (χ1n) is 15.9. The van der Waals surface area contributed by atoms with Crippen LogP contribution in [0.3, 0.4) is 0 Å². The summed E-state index contributed by atoms with van der Waals surface area (Å²) >= 11 is 0. The van der Waals surface area contributed by atoms with Crippen LogP contribution in [0.25, 0.3) is 10.9 Å². The second-order valence-electron chi connectivity index (χ2n) is 12.0. The molecule has 0 bridgehead atoms. The molecule has 0 spiro atoms. The Morgan fingerprint density at radius 2 is 1.78 bits per heavy atom. The molecule has 1 aromatic heterocycles. The van der Waals surface area contributed by atoms with Gasteiger partial charge in [0.25, 0.3) is 0 Å². The Morgan fingerprint density at radius 3 is 2.51 bits per heavy atom. The Kier molecular flexibility index (Phi) is 11.8. The highest BCUT2D eigenvalue weighted by Crippen LogP contribution is 2.24. The predicted octanol–water partition coefficient (Wildman–Crippen LogP) is 0.982. The van der Waals surface area contributed by atoms with Gasteiger partial charge in [-0.05, 0) is 62.6 Å². The van der Waals surface area contributed by atoms with Crippen LogP contribution >= 0.6 is 0 Å². The minimum absolute atomic E-state index is 0.127. The Hall–Kier alpha value is -4.13. The van der Waals surface area contributed by atoms with Gasteiger partial charge in [0.1, 0.15) is 31.3 Å². The average molecular weight is 627 g/mol. The molecule has 13 heteroatoms. The number of piperidine rings is 1. The fraction of sp³-hybridized carbons (Fsp3) is 0.594. The van der Waals surface area contributed by atoms with Crippen LogP contribution in [-0.4, -0.2) is 95.2 Å². The van der Waals surface area contributed by atoms with Gasteiger partial charge in [-0.1, -0.05) is 38.5 Å². The number of para-hydroxylation sites is 1. The third-order valence-corrected chi connectivity index (χ3v) is 8.89. The predicted molar refractivity (Wildman–Crippen MR) is 167 cm³/mol. The van der Waals surface area contributed by atoms with E-state index in [1.807, 2.05) is 38.1 Å². The van der Waals surface area contributed by atoms with Gasteiger partial charge in [0.05, 0.1) is 12.1 Å². The van der Waals surface area contributed by atoms with E-state index in [9.17, 15) is 24.0 Å². The number of rotatable bonds is 12. The van der Waals surface area contributed by atoms with Gasteiger partial charge in [-0.3, -0.25) is 24.0 Å². The normalized spacial score (nSPS) is 23.7. The number of carbonyl (C=O) groups excluding carboxylic acids is 4. The number of carboxylic acids is 1. The third-order valence-electron chi connectivity index (χ3n) is 8.89. The molecule has 5 atom stereocenters. The molecule has 3 heterocycles. The van der Waals surface area contributed by atoms with Crippen LogP contribution in [0.15, 0.2) is 30.5 Å². The van der Waals surface area contributed by atoms with Crippen molar-refractivity contribution in [3.63, 3.8) is 0 Å². The van der Waals surface area contributed by atoms with Crippen LogP contribution < -0.4 is 26.1 Å². The van der Waals surface area contributed by atoms with E-state index < -0.39 is 42.0 Å². The van der Waals surface area contributed by atoms with Crippen molar-refractivity contribution in [2.45, 2.75) is 89.4 Å². The van der Waals surface area contributed by atoms with E-state index in [0.29, 0.717) is 38.8 Å². The molecule has 45 heavy (non-hydrogen) atoms. The zero-order valence-corrected chi connectivity index (χ0v) is 26.3. The summed E-state index contributed by atoms with van der Waals surface area (Å²) < 4.78 is 1.60. The van der Waals surface area contributed by atoms with E-state index in [2.05, 4.69) is 21.3 Å². The highest BCUT2D eigenvalue weighted by atomic mass is 16.6. The molecule has 0 saturated carbocycles. The molecule has 4 amide bonds. The molecular weight excluding hydrogens is 580 g/mol. The summed E-state index contributed by atoms with van der Waals surface area (Å²) in [5.41, 5.74) is 1.58. The summed E-state index contributed by atoms with van der Waals surface area (Å²) in [6.07, 6.45) is 5.90. The monoisotopic (exact) mass is 626 g/mol. The minimum atomic E-state index is -1.04. The van der Waals surface area contributed by atoms with Crippen molar-refractivity contribution >= 4 is 40.5 Å². The van der Waals surface area contributed by atoms with Crippen LogP contribution in [0.4, 0.5) is 0 Å². The third kappa shape index (κ3) is 8.33. The summed E-state index contributed by atoms with van der Waals surface area (Å²) in [5, 5.41) is 21.3. The summed E-state index contributed by atoms with van der Waals surface area (Å²) in [6.45, 7) is 4.51. The number of nitrogens with zero attached hydrogens (tertiary/aromatic N) is 2. The fourth-order valence-electron chi connectivity index (χ4n) is 6.15. The van der Waals surface area contributed by atoms with E-state index in [1.165, 1.54) is 0 Å². The number of aliphatic carboxylic acids is 1. The van der Waals surface area contributed by atoms with Crippen molar-refractivity contribution in [1.82, 2.24) is 30.9 Å². The topological polar surface area (TPSA) is 171 Å². The van der Waals surface area contributed by atoms with Crippen molar-refractivity contribution in [1.29, 1.82) is 0 Å². The number of benzene rings is 1. The second kappa shape index (κ2) is 15.7. The molecule has 2 fully saturated rings. The van der Waals surface area contributed by atoms with Gasteiger partial charge >= 0.3 is 5.97 Å². The van der Waals surface area contributed by atoms with Crippen LogP contribution in [0.5, 0.6) is 0 Å². The molecule has 2 unspecified atom stereocenters. The van der Waals surface area contributed by atoms with Gasteiger partial charge in [0.15, 0.2) is 0 Å². The second-order valence-corrected chi connectivity index (χ2v) is 12.0. The number of nitrogens with one attached hydrogen (secondary N) is 4. The summed E-state index contributed by atoms with van der Waals surface area (Å²) in [5.74, 6) is -2.81. The maximum atomic E-state index is 14.0. The quantitative estimate of drug-likeness (QED) is 0.217. The molecule has 4 rings (SSSR count). The molecule has 2 aliphatic rings. The molecule has 2 aliphatic heterocycles. The highest BCUT2D eigenvalue weighted by molar-refractivity contribution is 5.98. The van der Waals surface area contributed by atoms with E-state index in [-0.39, 0.29) is 37.1 Å². The molecule has 2 aromatic rings. The lowest BCUT2D eigenvalue weighted by Gasteiger charge is -2.39. The van der Waals surface area contributed by atoms with Crippen molar-refractivity contribution in [3.05, 3.63) is 36.0 Å². The summed E-state index contributed by atoms with van der Waals surface area (Å²) in [6, 6.07) is 3.99. The minimum Gasteiger partial charge on any atom is -0.480 e. The van der Waals surface area contributed by atoms with Gasteiger partial charge in [0, 0.05) is 24.5 Å². The molecular formula is C32H46N6O7. The average Bonchev–Trinajstić information content (AvgIpc) is 3.40. The lowest BCUT2D eigenvalue weighted by molar-refractivity contribution is -0.147. The zero-order chi connectivity index (χ0) is 32.5. The van der Waals surface area contributed by atoms with E-state index in [0.717, 1.165) is 29.3 Å². The number of fused-ring (bicyclic) bond motifs is 2. The van der Waals surface area contributed by atoms with Crippen LogP contribution in [0.2, 0.25) is 0 Å². The van der Waals surface area contributed by atoms with Crippen LogP contribution in [-0.2, 0) is 30.4 Å². The molecule has 2 saturated heterocycles. The van der Waals surface area contributed by atoms with Crippen molar-refractivity contribution < 1.29 is 33.9 Å². The molecule has 1 aromatic carbocycles. The number of hydrogen-bond donors (Lipinski definition) is 5. The summed E-state index contributed by atoms with van der Waals surface area (Å²) in [4.78, 5) is 73.4. The Morgan fingerprint density at radius 1 is 1.04 bits per heavy atom. The van der Waals surface area contributed by atoms with Crippen molar-refractivity contribution in [2.24, 2.45) is 5.92 Å². The first-order valence-corrected chi connectivity index (χ1v) is 15.9.